The summed E-state index contributed by atoms with van der Waals surface area (Å²) in [7, 11) is 0. The quantitative estimate of drug-likeness (QED) is 0.808. The maximum atomic E-state index is 4.53. The average molecular weight is 210 g/mol. The van der Waals surface area contributed by atoms with Gasteiger partial charge in [0.15, 0.2) is 0 Å². The van der Waals surface area contributed by atoms with Crippen molar-refractivity contribution in [3.8, 4) is 0 Å². The summed E-state index contributed by atoms with van der Waals surface area (Å²) in [4.78, 5) is 4.53. The number of hydrogen-bond donors (Lipinski definition) is 1. The van der Waals surface area contributed by atoms with Crippen LogP contribution in [0, 0.1) is 5.92 Å². The lowest BCUT2D eigenvalue weighted by Gasteiger charge is -2.25. The van der Waals surface area contributed by atoms with Crippen LogP contribution in [-0.2, 0) is 13.0 Å². The molecule has 3 heteroatoms. The smallest absolute Gasteiger partial charge is 0.0926 e. The van der Waals surface area contributed by atoms with Gasteiger partial charge < -0.3 is 5.32 Å². The van der Waals surface area contributed by atoms with E-state index in [9.17, 15) is 0 Å². The van der Waals surface area contributed by atoms with Gasteiger partial charge in [0.05, 0.1) is 10.7 Å². The van der Waals surface area contributed by atoms with E-state index in [1.54, 1.807) is 11.3 Å². The fourth-order valence-electron chi connectivity index (χ4n) is 1.69. The molecule has 0 spiro atoms. The Morgan fingerprint density at radius 3 is 3.00 bits per heavy atom. The van der Waals surface area contributed by atoms with Crippen molar-refractivity contribution in [2.75, 3.05) is 6.54 Å². The van der Waals surface area contributed by atoms with E-state index >= 15 is 0 Å². The third-order valence-corrected chi connectivity index (χ3v) is 3.91. The van der Waals surface area contributed by atoms with Crippen molar-refractivity contribution in [3.05, 3.63) is 16.1 Å². The van der Waals surface area contributed by atoms with Crippen molar-refractivity contribution < 1.29 is 0 Å². The maximum Gasteiger partial charge on any atom is 0.0926 e. The minimum atomic E-state index is 0.944. The molecule has 2 nitrogen and oxygen atoms in total. The Hall–Kier alpha value is -0.410. The SMILES string of the molecule is CCc1nc(CNCC2CCC2)cs1. The fourth-order valence-corrected chi connectivity index (χ4v) is 2.44. The number of thiazole rings is 1. The van der Waals surface area contributed by atoms with Gasteiger partial charge >= 0.3 is 0 Å². The van der Waals surface area contributed by atoms with Crippen LogP contribution in [0.1, 0.15) is 36.9 Å². The molecule has 0 bridgehead atoms. The summed E-state index contributed by atoms with van der Waals surface area (Å²) in [6.45, 7) is 4.29. The van der Waals surface area contributed by atoms with Crippen LogP contribution in [0.3, 0.4) is 0 Å². The summed E-state index contributed by atoms with van der Waals surface area (Å²) in [5.74, 6) is 0.944. The molecule has 0 unspecified atom stereocenters. The van der Waals surface area contributed by atoms with Crippen molar-refractivity contribution in [3.63, 3.8) is 0 Å². The molecule has 2 rings (SSSR count). The standard InChI is InChI=1S/C11H18N2S/c1-2-11-13-10(8-14-11)7-12-6-9-4-3-5-9/h8-9,12H,2-7H2,1H3. The largest absolute Gasteiger partial charge is 0.311 e. The fraction of sp³-hybridized carbons (Fsp3) is 0.727. The zero-order valence-electron chi connectivity index (χ0n) is 8.75. The zero-order valence-corrected chi connectivity index (χ0v) is 9.57. The van der Waals surface area contributed by atoms with E-state index in [4.69, 9.17) is 0 Å². The number of rotatable bonds is 5. The van der Waals surface area contributed by atoms with E-state index in [0.29, 0.717) is 0 Å². The molecule has 0 atom stereocenters. The van der Waals surface area contributed by atoms with Crippen LogP contribution in [0.15, 0.2) is 5.38 Å². The Morgan fingerprint density at radius 1 is 1.57 bits per heavy atom. The summed E-state index contributed by atoms with van der Waals surface area (Å²) in [6, 6.07) is 0. The van der Waals surface area contributed by atoms with Gasteiger partial charge in [-0.1, -0.05) is 13.3 Å². The number of hydrogen-bond acceptors (Lipinski definition) is 3. The van der Waals surface area contributed by atoms with Gasteiger partial charge in [-0.25, -0.2) is 4.98 Å². The van der Waals surface area contributed by atoms with Crippen LogP contribution in [0.4, 0.5) is 0 Å². The Balaban J connectivity index is 1.68. The Morgan fingerprint density at radius 2 is 2.43 bits per heavy atom. The van der Waals surface area contributed by atoms with Crippen molar-refractivity contribution in [1.82, 2.24) is 10.3 Å². The van der Waals surface area contributed by atoms with Crippen LogP contribution >= 0.6 is 11.3 Å². The first-order valence-corrected chi connectivity index (χ1v) is 6.40. The molecule has 1 aromatic rings. The number of nitrogens with zero attached hydrogens (tertiary/aromatic N) is 1. The Labute approximate surface area is 89.8 Å². The lowest BCUT2D eigenvalue weighted by molar-refractivity contribution is 0.301. The first kappa shape index (κ1) is 10.1. The van der Waals surface area contributed by atoms with Crippen LogP contribution in [-0.4, -0.2) is 11.5 Å². The molecule has 14 heavy (non-hydrogen) atoms. The third-order valence-electron chi connectivity index (χ3n) is 2.87. The van der Waals surface area contributed by atoms with Gasteiger partial charge in [0.1, 0.15) is 0 Å². The van der Waals surface area contributed by atoms with E-state index in [1.165, 1.54) is 36.5 Å². The van der Waals surface area contributed by atoms with Crippen molar-refractivity contribution in [2.24, 2.45) is 5.92 Å². The molecular weight excluding hydrogens is 192 g/mol. The first-order valence-electron chi connectivity index (χ1n) is 5.52. The van der Waals surface area contributed by atoms with E-state index < -0.39 is 0 Å². The summed E-state index contributed by atoms with van der Waals surface area (Å²) < 4.78 is 0. The molecule has 0 amide bonds. The lowest BCUT2D eigenvalue weighted by atomic mass is 9.85. The highest BCUT2D eigenvalue weighted by Crippen LogP contribution is 2.25. The number of aromatic nitrogens is 1. The minimum absolute atomic E-state index is 0.944. The van der Waals surface area contributed by atoms with E-state index in [2.05, 4.69) is 22.6 Å². The molecule has 1 N–H and O–H groups in total. The first-order chi connectivity index (χ1) is 6.88. The van der Waals surface area contributed by atoms with Crippen molar-refractivity contribution in [2.45, 2.75) is 39.2 Å². The second-order valence-corrected chi connectivity index (χ2v) is 4.96. The van der Waals surface area contributed by atoms with E-state index in [0.717, 1.165) is 18.9 Å². The number of aryl methyl sites for hydroxylation is 1. The second-order valence-electron chi connectivity index (χ2n) is 4.01. The summed E-state index contributed by atoms with van der Waals surface area (Å²) in [6.07, 6.45) is 5.34. The van der Waals surface area contributed by atoms with Gasteiger partial charge in [-0.3, -0.25) is 0 Å². The van der Waals surface area contributed by atoms with Crippen molar-refractivity contribution >= 4 is 11.3 Å². The molecule has 0 aliphatic heterocycles. The molecule has 0 aromatic carbocycles. The average Bonchev–Trinajstić information content (AvgIpc) is 2.57. The van der Waals surface area contributed by atoms with Gasteiger partial charge in [0.2, 0.25) is 0 Å². The van der Waals surface area contributed by atoms with Crippen LogP contribution in [0.25, 0.3) is 0 Å². The highest BCUT2D eigenvalue weighted by Gasteiger charge is 2.16. The van der Waals surface area contributed by atoms with E-state index in [-0.39, 0.29) is 0 Å². The topological polar surface area (TPSA) is 24.9 Å². The predicted octanol–water partition coefficient (Wildman–Crippen LogP) is 2.60. The zero-order chi connectivity index (χ0) is 9.80. The molecule has 1 aliphatic rings. The molecule has 1 aliphatic carbocycles. The van der Waals surface area contributed by atoms with Crippen LogP contribution < -0.4 is 5.32 Å². The van der Waals surface area contributed by atoms with Gasteiger partial charge in [0.25, 0.3) is 0 Å². The summed E-state index contributed by atoms with van der Waals surface area (Å²) in [5, 5.41) is 6.91. The van der Waals surface area contributed by atoms with Gasteiger partial charge in [-0.05, 0) is 31.7 Å². The van der Waals surface area contributed by atoms with Gasteiger partial charge in [-0.15, -0.1) is 11.3 Å². The van der Waals surface area contributed by atoms with Gasteiger partial charge in [-0.2, -0.15) is 0 Å². The van der Waals surface area contributed by atoms with Crippen LogP contribution in [0.5, 0.6) is 0 Å². The molecule has 1 aromatic heterocycles. The normalized spacial score (nSPS) is 16.9. The summed E-state index contributed by atoms with van der Waals surface area (Å²) >= 11 is 1.78. The van der Waals surface area contributed by atoms with Crippen LogP contribution in [0.2, 0.25) is 0 Å². The maximum absolute atomic E-state index is 4.53. The predicted molar refractivity (Wildman–Crippen MR) is 60.5 cm³/mol. The number of nitrogens with one attached hydrogen (secondary N) is 1. The summed E-state index contributed by atoms with van der Waals surface area (Å²) in [5.41, 5.74) is 1.21. The molecule has 1 saturated carbocycles. The highest BCUT2D eigenvalue weighted by atomic mass is 32.1. The lowest BCUT2D eigenvalue weighted by Crippen LogP contribution is -2.26. The van der Waals surface area contributed by atoms with E-state index in [1.807, 2.05) is 0 Å². The third kappa shape index (κ3) is 2.55. The molecule has 78 valence electrons. The van der Waals surface area contributed by atoms with Crippen molar-refractivity contribution in [1.29, 1.82) is 0 Å². The highest BCUT2D eigenvalue weighted by molar-refractivity contribution is 7.09. The second kappa shape index (κ2) is 4.89. The molecule has 1 heterocycles. The minimum Gasteiger partial charge on any atom is -0.311 e. The molecule has 1 fully saturated rings. The monoisotopic (exact) mass is 210 g/mol. The molecule has 0 saturated heterocycles. The van der Waals surface area contributed by atoms with Gasteiger partial charge in [0, 0.05) is 11.9 Å². The molecular formula is C11H18N2S. The Bertz CT molecular complexity index is 279. The Kier molecular flexibility index (Phi) is 3.54. The molecule has 0 radical (unpaired) electrons.